The summed E-state index contributed by atoms with van der Waals surface area (Å²) in [6, 6.07) is 21.1. The lowest BCUT2D eigenvalue weighted by Crippen LogP contribution is -2.52. The van der Waals surface area contributed by atoms with Crippen molar-refractivity contribution in [3.05, 3.63) is 84.4 Å². The molecule has 3 aromatic rings. The SMILES string of the molecule is CCOc1ccccc1N(CC(=O)N(Cc1ccc(OC)cc1)[C@H](C)C(=O)NC1CCCC1)S(=O)(=O)c1ccccc1. The van der Waals surface area contributed by atoms with Crippen molar-refractivity contribution in [3.63, 3.8) is 0 Å². The number of rotatable bonds is 13. The van der Waals surface area contributed by atoms with Crippen LogP contribution in [0.3, 0.4) is 0 Å². The molecule has 0 radical (unpaired) electrons. The van der Waals surface area contributed by atoms with Crippen molar-refractivity contribution in [1.82, 2.24) is 10.2 Å². The molecule has 0 saturated heterocycles. The van der Waals surface area contributed by atoms with Gasteiger partial charge in [0.2, 0.25) is 11.8 Å². The van der Waals surface area contributed by atoms with Crippen molar-refractivity contribution in [2.75, 3.05) is 24.6 Å². The van der Waals surface area contributed by atoms with Crippen LogP contribution in [0, 0.1) is 0 Å². The van der Waals surface area contributed by atoms with Crippen LogP contribution < -0.4 is 19.1 Å². The van der Waals surface area contributed by atoms with Gasteiger partial charge in [0.25, 0.3) is 10.0 Å². The molecule has 0 spiro atoms. The number of carbonyl (C=O) groups is 2. The van der Waals surface area contributed by atoms with Gasteiger partial charge >= 0.3 is 0 Å². The largest absolute Gasteiger partial charge is 0.497 e. The molecule has 10 heteroatoms. The van der Waals surface area contributed by atoms with Crippen LogP contribution in [0.15, 0.2) is 83.8 Å². The standard InChI is InChI=1S/C32H39N3O6S/c1-4-41-30-17-11-10-16-29(30)35(42(38,39)28-14-6-5-7-15-28)23-31(36)34(22-25-18-20-27(40-3)21-19-25)24(2)32(37)33-26-12-8-9-13-26/h5-7,10-11,14-21,24,26H,4,8-9,12-13,22-23H2,1-3H3,(H,33,37)/t24-/m1/s1. The zero-order valence-corrected chi connectivity index (χ0v) is 25.2. The maximum atomic E-state index is 14.2. The minimum atomic E-state index is -4.18. The molecule has 1 aliphatic carbocycles. The molecule has 3 aromatic carbocycles. The summed E-state index contributed by atoms with van der Waals surface area (Å²) in [6.07, 6.45) is 3.92. The topological polar surface area (TPSA) is 105 Å². The third kappa shape index (κ3) is 7.42. The van der Waals surface area contributed by atoms with Crippen LogP contribution >= 0.6 is 0 Å². The van der Waals surface area contributed by atoms with Gasteiger partial charge in [-0.25, -0.2) is 8.42 Å². The zero-order chi connectivity index (χ0) is 30.1. The van der Waals surface area contributed by atoms with Crippen LogP contribution in [0.4, 0.5) is 5.69 Å². The van der Waals surface area contributed by atoms with Gasteiger partial charge in [-0.3, -0.25) is 13.9 Å². The predicted octanol–water partition coefficient (Wildman–Crippen LogP) is 4.77. The molecule has 1 aliphatic rings. The maximum absolute atomic E-state index is 14.2. The van der Waals surface area contributed by atoms with E-state index in [1.54, 1.807) is 75.6 Å². The number of sulfonamides is 1. The number of nitrogens with one attached hydrogen (secondary N) is 1. The second-order valence-electron chi connectivity index (χ2n) is 10.3. The Bertz CT molecular complexity index is 1440. The number of benzene rings is 3. The molecule has 42 heavy (non-hydrogen) atoms. The number of ether oxygens (including phenoxy) is 2. The van der Waals surface area contributed by atoms with Crippen LogP contribution in [0.25, 0.3) is 0 Å². The van der Waals surface area contributed by atoms with E-state index in [2.05, 4.69) is 5.32 Å². The van der Waals surface area contributed by atoms with E-state index in [-0.39, 0.29) is 29.1 Å². The second kappa shape index (κ2) is 14.2. The molecule has 1 fully saturated rings. The van der Waals surface area contributed by atoms with Crippen LogP contribution in [0.5, 0.6) is 11.5 Å². The molecule has 1 saturated carbocycles. The van der Waals surface area contributed by atoms with Crippen molar-refractivity contribution >= 4 is 27.5 Å². The summed E-state index contributed by atoms with van der Waals surface area (Å²) in [6.45, 7) is 3.37. The Hall–Kier alpha value is -4.05. The average molecular weight is 594 g/mol. The van der Waals surface area contributed by atoms with Crippen LogP contribution in [-0.4, -0.2) is 57.5 Å². The monoisotopic (exact) mass is 593 g/mol. The Balaban J connectivity index is 1.71. The molecule has 0 aromatic heterocycles. The number of amides is 2. The average Bonchev–Trinajstić information content (AvgIpc) is 3.52. The smallest absolute Gasteiger partial charge is 0.264 e. The van der Waals surface area contributed by atoms with E-state index in [4.69, 9.17) is 9.47 Å². The van der Waals surface area contributed by atoms with Gasteiger partial charge in [0.15, 0.2) is 0 Å². The molecule has 224 valence electrons. The van der Waals surface area contributed by atoms with Gasteiger partial charge in [0.05, 0.1) is 24.3 Å². The first-order chi connectivity index (χ1) is 20.2. The number of hydrogen-bond donors (Lipinski definition) is 1. The highest BCUT2D eigenvalue weighted by Gasteiger charge is 2.34. The van der Waals surface area contributed by atoms with Crippen molar-refractivity contribution < 1.29 is 27.5 Å². The summed E-state index contributed by atoms with van der Waals surface area (Å²) in [7, 11) is -2.61. The number of anilines is 1. The Morgan fingerprint density at radius 2 is 1.60 bits per heavy atom. The fraction of sp³-hybridized carbons (Fsp3) is 0.375. The lowest BCUT2D eigenvalue weighted by Gasteiger charge is -2.33. The molecule has 2 amide bonds. The van der Waals surface area contributed by atoms with E-state index in [0.717, 1.165) is 35.6 Å². The van der Waals surface area contributed by atoms with Crippen molar-refractivity contribution in [2.45, 2.75) is 63.1 Å². The first-order valence-electron chi connectivity index (χ1n) is 14.3. The summed E-state index contributed by atoms with van der Waals surface area (Å²) in [5.74, 6) is 0.207. The maximum Gasteiger partial charge on any atom is 0.264 e. The quantitative estimate of drug-likeness (QED) is 0.306. The normalized spacial score (nSPS) is 14.2. The summed E-state index contributed by atoms with van der Waals surface area (Å²) >= 11 is 0. The molecule has 9 nitrogen and oxygen atoms in total. The number of carbonyl (C=O) groups excluding carboxylic acids is 2. The highest BCUT2D eigenvalue weighted by Crippen LogP contribution is 2.33. The summed E-state index contributed by atoms with van der Waals surface area (Å²) in [4.78, 5) is 29.0. The predicted molar refractivity (Wildman–Crippen MR) is 162 cm³/mol. The Morgan fingerprint density at radius 1 is 0.952 bits per heavy atom. The molecule has 0 unspecified atom stereocenters. The molecule has 0 heterocycles. The van der Waals surface area contributed by atoms with E-state index in [1.165, 1.54) is 17.0 Å². The molecule has 1 atom stereocenters. The third-order valence-corrected chi connectivity index (χ3v) is 9.20. The minimum Gasteiger partial charge on any atom is -0.497 e. The summed E-state index contributed by atoms with van der Waals surface area (Å²) in [5.41, 5.74) is 1.01. The first kappa shape index (κ1) is 30.9. The van der Waals surface area contributed by atoms with Gasteiger partial charge in [-0.05, 0) is 68.7 Å². The van der Waals surface area contributed by atoms with Crippen molar-refractivity contribution in [2.24, 2.45) is 0 Å². The van der Waals surface area contributed by atoms with E-state index in [0.29, 0.717) is 18.1 Å². The molecular formula is C32H39N3O6S. The lowest BCUT2D eigenvalue weighted by molar-refractivity contribution is -0.139. The Kier molecular flexibility index (Phi) is 10.5. The number of methoxy groups -OCH3 is 1. The highest BCUT2D eigenvalue weighted by atomic mass is 32.2. The van der Waals surface area contributed by atoms with Gasteiger partial charge < -0.3 is 19.7 Å². The summed E-state index contributed by atoms with van der Waals surface area (Å²) < 4.78 is 40.1. The van der Waals surface area contributed by atoms with Crippen LogP contribution in [0.2, 0.25) is 0 Å². The van der Waals surface area contributed by atoms with E-state index >= 15 is 0 Å². The summed E-state index contributed by atoms with van der Waals surface area (Å²) in [5, 5.41) is 3.08. The minimum absolute atomic E-state index is 0.0397. The zero-order valence-electron chi connectivity index (χ0n) is 24.4. The Labute approximate surface area is 248 Å². The number of hydrogen-bond acceptors (Lipinski definition) is 6. The molecular weight excluding hydrogens is 554 g/mol. The molecule has 4 rings (SSSR count). The second-order valence-corrected chi connectivity index (χ2v) is 12.1. The van der Waals surface area contributed by atoms with Crippen LogP contribution in [0.1, 0.15) is 45.1 Å². The molecule has 1 N–H and O–H groups in total. The van der Waals surface area contributed by atoms with Gasteiger partial charge in [-0.1, -0.05) is 55.3 Å². The van der Waals surface area contributed by atoms with E-state index in [9.17, 15) is 18.0 Å². The number of nitrogens with zero attached hydrogens (tertiary/aromatic N) is 2. The highest BCUT2D eigenvalue weighted by molar-refractivity contribution is 7.92. The van der Waals surface area contributed by atoms with Gasteiger partial charge in [-0.2, -0.15) is 0 Å². The Morgan fingerprint density at radius 3 is 2.24 bits per heavy atom. The van der Waals surface area contributed by atoms with Gasteiger partial charge in [0, 0.05) is 12.6 Å². The van der Waals surface area contributed by atoms with Crippen molar-refractivity contribution in [1.29, 1.82) is 0 Å². The molecule has 0 bridgehead atoms. The van der Waals surface area contributed by atoms with E-state index < -0.39 is 28.5 Å². The lowest BCUT2D eigenvalue weighted by atomic mass is 10.1. The van der Waals surface area contributed by atoms with E-state index in [1.807, 2.05) is 12.1 Å². The number of para-hydroxylation sites is 2. The molecule has 0 aliphatic heterocycles. The van der Waals surface area contributed by atoms with Crippen molar-refractivity contribution in [3.8, 4) is 11.5 Å². The van der Waals surface area contributed by atoms with Gasteiger partial charge in [-0.15, -0.1) is 0 Å². The van der Waals surface area contributed by atoms with Gasteiger partial charge in [0.1, 0.15) is 24.1 Å². The van der Waals surface area contributed by atoms with Crippen LogP contribution in [-0.2, 0) is 26.2 Å². The first-order valence-corrected chi connectivity index (χ1v) is 15.7. The fourth-order valence-corrected chi connectivity index (χ4v) is 6.52. The fourth-order valence-electron chi connectivity index (χ4n) is 5.08. The third-order valence-electron chi connectivity index (χ3n) is 7.42.